The van der Waals surface area contributed by atoms with E-state index in [0.717, 1.165) is 11.1 Å². The molecule has 4 heteroatoms. The highest BCUT2D eigenvalue weighted by atomic mass is 16.6. The van der Waals surface area contributed by atoms with E-state index in [9.17, 15) is 4.79 Å². The molecule has 2 rings (SSSR count). The smallest absolute Gasteiger partial charge is 0.324 e. The first-order valence-electron chi connectivity index (χ1n) is 6.94. The molecule has 110 valence electrons. The van der Waals surface area contributed by atoms with Crippen molar-refractivity contribution >= 4 is 5.97 Å². The number of nitrogens with two attached hydrogens (primary N) is 2. The highest BCUT2D eigenvalue weighted by Gasteiger charge is 2.18. The maximum atomic E-state index is 11.9. The Kier molecular flexibility index (Phi) is 5.49. The minimum Gasteiger partial charge on any atom is -0.445 e. The van der Waals surface area contributed by atoms with Crippen LogP contribution in [0, 0.1) is 0 Å². The van der Waals surface area contributed by atoms with Crippen molar-refractivity contribution in [2.24, 2.45) is 11.5 Å². The minimum atomic E-state index is -0.700. The van der Waals surface area contributed by atoms with Gasteiger partial charge in [0.1, 0.15) is 6.04 Å². The molecule has 4 nitrogen and oxygen atoms in total. The molecular formula is C17H20N2O2. The van der Waals surface area contributed by atoms with Crippen LogP contribution in [0.25, 0.3) is 0 Å². The molecule has 0 aliphatic rings. The van der Waals surface area contributed by atoms with Crippen LogP contribution in [-0.2, 0) is 22.4 Å². The minimum absolute atomic E-state index is 0.442. The van der Waals surface area contributed by atoms with Gasteiger partial charge in [-0.15, -0.1) is 0 Å². The molecule has 4 N–H and O–H groups in total. The normalized spacial score (nSPS) is 13.4. The van der Waals surface area contributed by atoms with Crippen molar-refractivity contribution in [2.75, 3.05) is 0 Å². The Bertz CT molecular complexity index is 558. The van der Waals surface area contributed by atoms with E-state index in [1.54, 1.807) is 0 Å². The average molecular weight is 284 g/mol. The van der Waals surface area contributed by atoms with Crippen LogP contribution in [0.4, 0.5) is 0 Å². The SMILES string of the molecule is NC(Cc1ccccc1)OC(=O)[C@H](N)Cc1ccccc1. The van der Waals surface area contributed by atoms with Crippen LogP contribution in [0.15, 0.2) is 60.7 Å². The molecule has 0 aromatic heterocycles. The first kappa shape index (κ1) is 15.2. The van der Waals surface area contributed by atoms with E-state index in [4.69, 9.17) is 16.2 Å². The first-order valence-corrected chi connectivity index (χ1v) is 6.94. The summed E-state index contributed by atoms with van der Waals surface area (Å²) in [5, 5.41) is 0. The van der Waals surface area contributed by atoms with Crippen LogP contribution in [0.1, 0.15) is 11.1 Å². The van der Waals surface area contributed by atoms with Crippen molar-refractivity contribution in [3.8, 4) is 0 Å². The topological polar surface area (TPSA) is 78.3 Å². The van der Waals surface area contributed by atoms with E-state index in [2.05, 4.69) is 0 Å². The molecule has 0 saturated carbocycles. The van der Waals surface area contributed by atoms with Crippen molar-refractivity contribution in [3.05, 3.63) is 71.8 Å². The number of hydrogen-bond acceptors (Lipinski definition) is 4. The quantitative estimate of drug-likeness (QED) is 0.624. The highest BCUT2D eigenvalue weighted by molar-refractivity contribution is 5.76. The van der Waals surface area contributed by atoms with Gasteiger partial charge in [0.25, 0.3) is 0 Å². The fraction of sp³-hybridized carbons (Fsp3) is 0.235. The zero-order valence-electron chi connectivity index (χ0n) is 11.8. The van der Waals surface area contributed by atoms with E-state index in [1.807, 2.05) is 60.7 Å². The number of rotatable bonds is 6. The highest BCUT2D eigenvalue weighted by Crippen LogP contribution is 2.06. The van der Waals surface area contributed by atoms with Crippen molar-refractivity contribution in [3.63, 3.8) is 0 Å². The Labute approximate surface area is 124 Å². The van der Waals surface area contributed by atoms with Crippen molar-refractivity contribution in [2.45, 2.75) is 25.1 Å². The Morgan fingerprint density at radius 2 is 1.33 bits per heavy atom. The number of ether oxygens (including phenoxy) is 1. The van der Waals surface area contributed by atoms with Crippen molar-refractivity contribution in [1.82, 2.24) is 0 Å². The molecule has 2 atom stereocenters. The zero-order valence-corrected chi connectivity index (χ0v) is 11.8. The second kappa shape index (κ2) is 7.57. The fourth-order valence-corrected chi connectivity index (χ4v) is 2.08. The number of hydrogen-bond donors (Lipinski definition) is 2. The number of carbonyl (C=O) groups excluding carboxylic acids is 1. The Morgan fingerprint density at radius 1 is 0.857 bits per heavy atom. The molecule has 0 fully saturated rings. The van der Waals surface area contributed by atoms with Gasteiger partial charge in [0, 0.05) is 6.42 Å². The lowest BCUT2D eigenvalue weighted by atomic mass is 10.1. The summed E-state index contributed by atoms with van der Waals surface area (Å²) >= 11 is 0. The van der Waals surface area contributed by atoms with E-state index < -0.39 is 18.2 Å². The predicted octanol–water partition coefficient (Wildman–Crippen LogP) is 1.63. The molecular weight excluding hydrogens is 264 g/mol. The van der Waals surface area contributed by atoms with Gasteiger partial charge in [-0.25, -0.2) is 0 Å². The molecule has 1 unspecified atom stereocenters. The summed E-state index contributed by atoms with van der Waals surface area (Å²) in [7, 11) is 0. The lowest BCUT2D eigenvalue weighted by Gasteiger charge is -2.16. The second-order valence-corrected chi connectivity index (χ2v) is 4.96. The van der Waals surface area contributed by atoms with Crippen molar-refractivity contribution < 1.29 is 9.53 Å². The predicted molar refractivity (Wildman–Crippen MR) is 82.3 cm³/mol. The third-order valence-corrected chi connectivity index (χ3v) is 3.15. The maximum absolute atomic E-state index is 11.9. The Hall–Kier alpha value is -2.17. The summed E-state index contributed by atoms with van der Waals surface area (Å²) < 4.78 is 5.20. The van der Waals surface area contributed by atoms with Gasteiger partial charge in [-0.2, -0.15) is 0 Å². The molecule has 0 amide bonds. The number of carbonyl (C=O) groups is 1. The van der Waals surface area contributed by atoms with Gasteiger partial charge >= 0.3 is 5.97 Å². The van der Waals surface area contributed by atoms with E-state index in [0.29, 0.717) is 12.8 Å². The van der Waals surface area contributed by atoms with Crippen LogP contribution in [-0.4, -0.2) is 18.2 Å². The lowest BCUT2D eigenvalue weighted by molar-refractivity contribution is -0.150. The first-order chi connectivity index (χ1) is 10.1. The number of benzene rings is 2. The van der Waals surface area contributed by atoms with E-state index in [1.165, 1.54) is 0 Å². The van der Waals surface area contributed by atoms with Crippen LogP contribution in [0.5, 0.6) is 0 Å². The molecule has 0 heterocycles. The van der Waals surface area contributed by atoms with Crippen molar-refractivity contribution in [1.29, 1.82) is 0 Å². The molecule has 2 aromatic carbocycles. The summed E-state index contributed by atoms with van der Waals surface area (Å²) in [6, 6.07) is 18.6. The standard InChI is InChI=1S/C17H20N2O2/c18-15(11-13-7-3-1-4-8-13)17(20)21-16(19)12-14-9-5-2-6-10-14/h1-10,15-16H,11-12,18-19H2/t15-,16?/m1/s1. The molecule has 0 bridgehead atoms. The Balaban J connectivity index is 1.83. The van der Waals surface area contributed by atoms with Gasteiger partial charge in [0.2, 0.25) is 0 Å². The van der Waals surface area contributed by atoms with Gasteiger partial charge in [0.05, 0.1) is 0 Å². The van der Waals surface area contributed by atoms with Crippen LogP contribution >= 0.6 is 0 Å². The monoisotopic (exact) mass is 284 g/mol. The molecule has 0 radical (unpaired) electrons. The third kappa shape index (κ3) is 5.02. The van der Waals surface area contributed by atoms with Crippen LogP contribution in [0.2, 0.25) is 0 Å². The summed E-state index contributed by atoms with van der Waals surface area (Å²) in [6.07, 6.45) is 0.240. The van der Waals surface area contributed by atoms with Gasteiger partial charge in [-0.1, -0.05) is 60.7 Å². The summed E-state index contributed by atoms with van der Waals surface area (Å²) in [4.78, 5) is 11.9. The second-order valence-electron chi connectivity index (χ2n) is 4.96. The lowest BCUT2D eigenvalue weighted by Crippen LogP contribution is -2.40. The molecule has 0 aliphatic carbocycles. The van der Waals surface area contributed by atoms with E-state index >= 15 is 0 Å². The average Bonchev–Trinajstić information content (AvgIpc) is 2.49. The summed E-state index contributed by atoms with van der Waals surface area (Å²) in [5.74, 6) is -0.470. The largest absolute Gasteiger partial charge is 0.445 e. The molecule has 21 heavy (non-hydrogen) atoms. The molecule has 0 spiro atoms. The fourth-order valence-electron chi connectivity index (χ4n) is 2.08. The molecule has 0 saturated heterocycles. The van der Waals surface area contributed by atoms with Gasteiger partial charge in [0.15, 0.2) is 6.23 Å². The van der Waals surface area contributed by atoms with Gasteiger partial charge < -0.3 is 10.5 Å². The van der Waals surface area contributed by atoms with Gasteiger partial charge in [-0.05, 0) is 17.5 Å². The molecule has 0 aliphatic heterocycles. The summed E-state index contributed by atoms with van der Waals surface area (Å²) in [6.45, 7) is 0. The van der Waals surface area contributed by atoms with E-state index in [-0.39, 0.29) is 0 Å². The van der Waals surface area contributed by atoms with Crippen LogP contribution < -0.4 is 11.5 Å². The number of esters is 1. The molecule has 2 aromatic rings. The Morgan fingerprint density at radius 3 is 1.86 bits per heavy atom. The summed E-state index contributed by atoms with van der Waals surface area (Å²) in [5.41, 5.74) is 13.7. The third-order valence-electron chi connectivity index (χ3n) is 3.15. The van der Waals surface area contributed by atoms with Crippen LogP contribution in [0.3, 0.4) is 0 Å². The zero-order chi connectivity index (χ0) is 15.1. The maximum Gasteiger partial charge on any atom is 0.324 e. The van der Waals surface area contributed by atoms with Gasteiger partial charge in [-0.3, -0.25) is 10.5 Å².